The van der Waals surface area contributed by atoms with Gasteiger partial charge in [-0.3, -0.25) is 0 Å². The Balaban J connectivity index is 1.71. The van der Waals surface area contributed by atoms with E-state index < -0.39 is 0 Å². The molecule has 0 spiro atoms. The van der Waals surface area contributed by atoms with Crippen LogP contribution >= 0.6 is 0 Å². The van der Waals surface area contributed by atoms with Gasteiger partial charge in [0.05, 0.1) is 34.1 Å². The fraction of sp³-hybridized carbons (Fsp3) is 0.261. The van der Waals surface area contributed by atoms with E-state index in [4.69, 9.17) is 23.6 Å². The van der Waals surface area contributed by atoms with Crippen LogP contribution in [0.4, 0.5) is 5.69 Å². The van der Waals surface area contributed by atoms with E-state index in [9.17, 15) is 0 Å². The van der Waals surface area contributed by atoms with Gasteiger partial charge in [-0.1, -0.05) is 12.1 Å². The fourth-order valence-electron chi connectivity index (χ4n) is 2.85. The van der Waals surface area contributed by atoms with Crippen LogP contribution in [-0.2, 0) is 13.0 Å². The second kappa shape index (κ2) is 10.8. The minimum absolute atomic E-state index is 0.521. The maximum Gasteiger partial charge on any atom is 0.196 e. The van der Waals surface area contributed by atoms with Gasteiger partial charge in [0.25, 0.3) is 0 Å². The second-order valence-electron chi connectivity index (χ2n) is 6.46. The van der Waals surface area contributed by atoms with Crippen LogP contribution in [0.3, 0.4) is 0 Å². The summed E-state index contributed by atoms with van der Waals surface area (Å²) in [6.45, 7) is 1.20. The largest absolute Gasteiger partial charge is 0.497 e. The molecule has 7 heteroatoms. The zero-order valence-electron chi connectivity index (χ0n) is 17.5. The van der Waals surface area contributed by atoms with Crippen LogP contribution < -0.4 is 24.8 Å². The number of ether oxygens (including phenoxy) is 3. The summed E-state index contributed by atoms with van der Waals surface area (Å²) in [7, 11) is 4.88. The predicted molar refractivity (Wildman–Crippen MR) is 118 cm³/mol. The monoisotopic (exact) mass is 409 g/mol. The lowest BCUT2D eigenvalue weighted by molar-refractivity contribution is 0.355. The average Bonchev–Trinajstić information content (AvgIpc) is 3.31. The van der Waals surface area contributed by atoms with Crippen LogP contribution in [0.25, 0.3) is 0 Å². The van der Waals surface area contributed by atoms with Crippen molar-refractivity contribution in [1.29, 1.82) is 0 Å². The van der Waals surface area contributed by atoms with Gasteiger partial charge < -0.3 is 29.3 Å². The molecule has 0 aliphatic carbocycles. The molecule has 30 heavy (non-hydrogen) atoms. The first-order chi connectivity index (χ1) is 14.7. The third-order valence-corrected chi connectivity index (χ3v) is 4.47. The van der Waals surface area contributed by atoms with Gasteiger partial charge in [-0.15, -0.1) is 0 Å². The van der Waals surface area contributed by atoms with E-state index in [-0.39, 0.29) is 0 Å². The molecule has 1 aromatic heterocycles. The summed E-state index contributed by atoms with van der Waals surface area (Å²) in [5.41, 5.74) is 1.92. The highest BCUT2D eigenvalue weighted by Crippen LogP contribution is 2.29. The van der Waals surface area contributed by atoms with E-state index in [1.807, 2.05) is 54.6 Å². The molecule has 2 N–H and O–H groups in total. The van der Waals surface area contributed by atoms with Crippen LogP contribution in [-0.4, -0.2) is 33.8 Å². The van der Waals surface area contributed by atoms with E-state index in [0.717, 1.165) is 29.2 Å². The number of benzene rings is 2. The van der Waals surface area contributed by atoms with Crippen molar-refractivity contribution in [3.05, 3.63) is 72.2 Å². The fourth-order valence-corrected chi connectivity index (χ4v) is 2.85. The Bertz CT molecular complexity index is 938. The van der Waals surface area contributed by atoms with E-state index in [1.165, 1.54) is 0 Å². The first kappa shape index (κ1) is 21.1. The third-order valence-electron chi connectivity index (χ3n) is 4.47. The molecule has 0 saturated heterocycles. The van der Waals surface area contributed by atoms with E-state index in [1.54, 1.807) is 27.6 Å². The minimum Gasteiger partial charge on any atom is -0.497 e. The molecule has 0 aliphatic heterocycles. The number of guanidine groups is 1. The summed E-state index contributed by atoms with van der Waals surface area (Å²) in [6, 6.07) is 17.3. The van der Waals surface area contributed by atoms with E-state index in [0.29, 0.717) is 30.5 Å². The van der Waals surface area contributed by atoms with Crippen molar-refractivity contribution in [2.45, 2.75) is 13.0 Å². The van der Waals surface area contributed by atoms with Crippen molar-refractivity contribution in [3.63, 3.8) is 0 Å². The highest BCUT2D eigenvalue weighted by atomic mass is 16.5. The second-order valence-corrected chi connectivity index (χ2v) is 6.46. The van der Waals surface area contributed by atoms with Crippen LogP contribution in [0.15, 0.2) is 70.3 Å². The van der Waals surface area contributed by atoms with Crippen LogP contribution in [0, 0.1) is 0 Å². The van der Waals surface area contributed by atoms with E-state index in [2.05, 4.69) is 10.6 Å². The topological polar surface area (TPSA) is 77.2 Å². The molecule has 0 radical (unpaired) electrons. The molecule has 3 aromatic rings. The number of methoxy groups -OCH3 is 3. The van der Waals surface area contributed by atoms with Crippen molar-refractivity contribution in [2.75, 3.05) is 33.2 Å². The molecule has 2 aromatic carbocycles. The SMILES string of the molecule is COc1ccc(CN=C(NCCc2ccco2)Nc2ccc(OC)c(OC)c2)cc1. The number of rotatable bonds is 9. The quantitative estimate of drug-likeness (QED) is 0.409. The Hall–Kier alpha value is -3.61. The summed E-state index contributed by atoms with van der Waals surface area (Å²) >= 11 is 0. The smallest absolute Gasteiger partial charge is 0.196 e. The zero-order chi connectivity index (χ0) is 21.2. The number of aliphatic imine (C=N–C) groups is 1. The Kier molecular flexibility index (Phi) is 7.60. The van der Waals surface area contributed by atoms with E-state index >= 15 is 0 Å². The highest BCUT2D eigenvalue weighted by Gasteiger charge is 2.07. The van der Waals surface area contributed by atoms with Crippen molar-refractivity contribution in [1.82, 2.24) is 5.32 Å². The molecule has 1 heterocycles. The van der Waals surface area contributed by atoms with Crippen LogP contribution in [0.2, 0.25) is 0 Å². The summed E-state index contributed by atoms with van der Waals surface area (Å²) in [4.78, 5) is 4.71. The van der Waals surface area contributed by atoms with Gasteiger partial charge in [-0.25, -0.2) is 4.99 Å². The molecule has 0 unspecified atom stereocenters. The summed E-state index contributed by atoms with van der Waals surface area (Å²) in [6.07, 6.45) is 2.43. The van der Waals surface area contributed by atoms with Crippen molar-refractivity contribution in [2.24, 2.45) is 4.99 Å². The molecule has 3 rings (SSSR count). The molecule has 0 amide bonds. The minimum atomic E-state index is 0.521. The molecule has 0 bridgehead atoms. The molecule has 158 valence electrons. The van der Waals surface area contributed by atoms with Gasteiger partial charge in [-0.2, -0.15) is 0 Å². The number of nitrogens with zero attached hydrogens (tertiary/aromatic N) is 1. The molecular formula is C23H27N3O4. The Morgan fingerprint density at radius 1 is 0.933 bits per heavy atom. The van der Waals surface area contributed by atoms with Crippen molar-refractivity contribution < 1.29 is 18.6 Å². The average molecular weight is 409 g/mol. The normalized spacial score (nSPS) is 11.1. The molecule has 0 fully saturated rings. The summed E-state index contributed by atoms with van der Waals surface area (Å²) in [5.74, 6) is 3.72. The number of hydrogen-bond acceptors (Lipinski definition) is 5. The van der Waals surface area contributed by atoms with Gasteiger partial charge in [0.2, 0.25) is 0 Å². The van der Waals surface area contributed by atoms with Gasteiger partial charge in [0.15, 0.2) is 17.5 Å². The van der Waals surface area contributed by atoms with Gasteiger partial charge in [-0.05, 0) is 42.0 Å². The predicted octanol–water partition coefficient (Wildman–Crippen LogP) is 4.11. The molecule has 0 atom stereocenters. The maximum absolute atomic E-state index is 5.40. The Morgan fingerprint density at radius 2 is 1.73 bits per heavy atom. The standard InChI is InChI=1S/C23H27N3O4/c1-27-19-9-6-17(7-10-19)16-25-23(24-13-12-20-5-4-14-30-20)26-18-8-11-21(28-2)22(15-18)29-3/h4-11,14-15H,12-13,16H2,1-3H3,(H2,24,25,26). The zero-order valence-corrected chi connectivity index (χ0v) is 17.5. The molecule has 0 saturated carbocycles. The van der Waals surface area contributed by atoms with Crippen molar-refractivity contribution in [3.8, 4) is 17.2 Å². The number of anilines is 1. The van der Waals surface area contributed by atoms with Crippen molar-refractivity contribution >= 4 is 11.6 Å². The van der Waals surface area contributed by atoms with Gasteiger partial charge >= 0.3 is 0 Å². The first-order valence-corrected chi connectivity index (χ1v) is 9.64. The lowest BCUT2D eigenvalue weighted by Gasteiger charge is -2.14. The highest BCUT2D eigenvalue weighted by molar-refractivity contribution is 5.94. The third kappa shape index (κ3) is 5.94. The van der Waals surface area contributed by atoms with Crippen LogP contribution in [0.5, 0.6) is 17.2 Å². The lowest BCUT2D eigenvalue weighted by atomic mass is 10.2. The van der Waals surface area contributed by atoms with Crippen LogP contribution in [0.1, 0.15) is 11.3 Å². The number of hydrogen-bond donors (Lipinski definition) is 2. The first-order valence-electron chi connectivity index (χ1n) is 9.64. The lowest BCUT2D eigenvalue weighted by Crippen LogP contribution is -2.32. The van der Waals surface area contributed by atoms with Gasteiger partial charge in [0.1, 0.15) is 11.5 Å². The maximum atomic E-state index is 5.40. The summed E-state index contributed by atoms with van der Waals surface area (Å²) < 4.78 is 21.3. The molecule has 0 aliphatic rings. The summed E-state index contributed by atoms with van der Waals surface area (Å²) in [5, 5.41) is 6.67. The molecule has 7 nitrogen and oxygen atoms in total. The molecular weight excluding hydrogens is 382 g/mol. The number of nitrogens with one attached hydrogen (secondary N) is 2. The Labute approximate surface area is 176 Å². The number of furan rings is 1. The van der Waals surface area contributed by atoms with Gasteiger partial charge in [0, 0.05) is 24.7 Å². The Morgan fingerprint density at radius 3 is 2.40 bits per heavy atom.